The van der Waals surface area contributed by atoms with Crippen molar-refractivity contribution in [3.8, 4) is 0 Å². The van der Waals surface area contributed by atoms with Crippen LogP contribution in [0.4, 0.5) is 10.1 Å². The number of benzene rings is 2. The molecule has 4 heteroatoms. The molecule has 19 heavy (non-hydrogen) atoms. The SMILES string of the molecule is O=C(CF)Nc1ccccc1C(=O)c1ccccc1. The highest BCUT2D eigenvalue weighted by Crippen LogP contribution is 2.19. The molecule has 0 fully saturated rings. The number of para-hydroxylation sites is 1. The van der Waals surface area contributed by atoms with Crippen molar-refractivity contribution in [2.45, 2.75) is 0 Å². The molecule has 0 aromatic heterocycles. The van der Waals surface area contributed by atoms with Gasteiger partial charge in [-0.15, -0.1) is 0 Å². The van der Waals surface area contributed by atoms with Gasteiger partial charge < -0.3 is 5.32 Å². The zero-order valence-electron chi connectivity index (χ0n) is 10.1. The lowest BCUT2D eigenvalue weighted by molar-refractivity contribution is -0.117. The van der Waals surface area contributed by atoms with Crippen LogP contribution in [0, 0.1) is 0 Å². The smallest absolute Gasteiger partial charge is 0.255 e. The molecule has 0 aliphatic rings. The number of hydrogen-bond donors (Lipinski definition) is 1. The van der Waals surface area contributed by atoms with E-state index in [0.717, 1.165) is 0 Å². The first-order valence-electron chi connectivity index (χ1n) is 5.77. The molecule has 2 rings (SSSR count). The van der Waals surface area contributed by atoms with E-state index in [9.17, 15) is 14.0 Å². The summed E-state index contributed by atoms with van der Waals surface area (Å²) in [6.45, 7) is -1.12. The molecule has 0 aliphatic heterocycles. The Morgan fingerprint density at radius 2 is 1.58 bits per heavy atom. The number of halogens is 1. The van der Waals surface area contributed by atoms with Crippen molar-refractivity contribution in [2.24, 2.45) is 0 Å². The van der Waals surface area contributed by atoms with Gasteiger partial charge in [0.2, 0.25) is 0 Å². The van der Waals surface area contributed by atoms with E-state index in [4.69, 9.17) is 0 Å². The van der Waals surface area contributed by atoms with Crippen LogP contribution in [-0.2, 0) is 4.79 Å². The molecule has 3 nitrogen and oxygen atoms in total. The number of ketones is 1. The monoisotopic (exact) mass is 257 g/mol. The lowest BCUT2D eigenvalue weighted by Crippen LogP contribution is -2.16. The summed E-state index contributed by atoms with van der Waals surface area (Å²) in [5, 5.41) is 2.38. The molecule has 0 spiro atoms. The van der Waals surface area contributed by atoms with Crippen molar-refractivity contribution < 1.29 is 14.0 Å². The predicted molar refractivity (Wildman–Crippen MR) is 70.9 cm³/mol. The molecule has 0 heterocycles. The minimum Gasteiger partial charge on any atom is -0.323 e. The van der Waals surface area contributed by atoms with Gasteiger partial charge in [0.1, 0.15) is 0 Å². The molecule has 0 aliphatic carbocycles. The van der Waals surface area contributed by atoms with E-state index in [1.807, 2.05) is 6.07 Å². The Morgan fingerprint density at radius 3 is 2.26 bits per heavy atom. The van der Waals surface area contributed by atoms with Gasteiger partial charge in [0.15, 0.2) is 12.5 Å². The largest absolute Gasteiger partial charge is 0.323 e. The molecular weight excluding hydrogens is 245 g/mol. The van der Waals surface area contributed by atoms with Crippen molar-refractivity contribution in [3.63, 3.8) is 0 Å². The summed E-state index contributed by atoms with van der Waals surface area (Å²) in [7, 11) is 0. The number of nitrogens with one attached hydrogen (secondary N) is 1. The third-order valence-electron chi connectivity index (χ3n) is 2.60. The fourth-order valence-corrected chi connectivity index (χ4v) is 1.72. The van der Waals surface area contributed by atoms with E-state index < -0.39 is 12.6 Å². The van der Waals surface area contributed by atoms with E-state index in [1.54, 1.807) is 48.5 Å². The number of anilines is 1. The molecule has 0 saturated carbocycles. The van der Waals surface area contributed by atoms with Gasteiger partial charge in [0.05, 0.1) is 5.69 Å². The van der Waals surface area contributed by atoms with E-state index in [0.29, 0.717) is 16.8 Å². The standard InChI is InChI=1S/C15H12FNO2/c16-10-14(18)17-13-9-5-4-8-12(13)15(19)11-6-2-1-3-7-11/h1-9H,10H2,(H,17,18). The van der Waals surface area contributed by atoms with E-state index in [1.165, 1.54) is 0 Å². The summed E-state index contributed by atoms with van der Waals surface area (Å²) >= 11 is 0. The van der Waals surface area contributed by atoms with Gasteiger partial charge in [0, 0.05) is 11.1 Å². The average molecular weight is 257 g/mol. The van der Waals surface area contributed by atoms with Gasteiger partial charge in [-0.1, -0.05) is 42.5 Å². The third kappa shape index (κ3) is 3.04. The molecule has 0 radical (unpaired) electrons. The van der Waals surface area contributed by atoms with Crippen LogP contribution in [0.5, 0.6) is 0 Å². The van der Waals surface area contributed by atoms with Crippen LogP contribution in [0.1, 0.15) is 15.9 Å². The van der Waals surface area contributed by atoms with E-state index in [2.05, 4.69) is 5.32 Å². The van der Waals surface area contributed by atoms with Crippen LogP contribution in [0.3, 0.4) is 0 Å². The number of carbonyl (C=O) groups excluding carboxylic acids is 2. The van der Waals surface area contributed by atoms with Crippen molar-refractivity contribution >= 4 is 17.4 Å². The maximum absolute atomic E-state index is 12.3. The van der Waals surface area contributed by atoms with Gasteiger partial charge in [-0.25, -0.2) is 4.39 Å². The minimum atomic E-state index is -1.12. The maximum atomic E-state index is 12.3. The van der Waals surface area contributed by atoms with Crippen molar-refractivity contribution in [3.05, 3.63) is 65.7 Å². The topological polar surface area (TPSA) is 46.2 Å². The quantitative estimate of drug-likeness (QED) is 0.856. The molecule has 96 valence electrons. The Kier molecular flexibility index (Phi) is 4.03. The molecule has 0 saturated heterocycles. The second-order valence-corrected chi connectivity index (χ2v) is 3.92. The van der Waals surface area contributed by atoms with Crippen LogP contribution in [0.2, 0.25) is 0 Å². The summed E-state index contributed by atoms with van der Waals surface area (Å²) in [5.74, 6) is -0.983. The predicted octanol–water partition coefficient (Wildman–Crippen LogP) is 2.83. The summed E-state index contributed by atoms with van der Waals surface area (Å²) < 4.78 is 12.2. The lowest BCUT2D eigenvalue weighted by Gasteiger charge is -2.09. The highest BCUT2D eigenvalue weighted by atomic mass is 19.1. The zero-order valence-corrected chi connectivity index (χ0v) is 10.1. The number of alkyl halides is 1. The van der Waals surface area contributed by atoms with E-state index in [-0.39, 0.29) is 5.78 Å². The Balaban J connectivity index is 2.35. The zero-order chi connectivity index (χ0) is 13.7. The van der Waals surface area contributed by atoms with Crippen molar-refractivity contribution in [1.29, 1.82) is 0 Å². The van der Waals surface area contributed by atoms with E-state index >= 15 is 0 Å². The first kappa shape index (κ1) is 13.0. The number of rotatable bonds is 4. The molecule has 0 unspecified atom stereocenters. The van der Waals surface area contributed by atoms with Crippen LogP contribution in [0.15, 0.2) is 54.6 Å². The summed E-state index contributed by atoms with van der Waals surface area (Å²) in [4.78, 5) is 23.4. The second kappa shape index (κ2) is 5.91. The fourth-order valence-electron chi connectivity index (χ4n) is 1.72. The molecule has 1 N–H and O–H groups in total. The number of hydrogen-bond acceptors (Lipinski definition) is 2. The average Bonchev–Trinajstić information content (AvgIpc) is 2.48. The van der Waals surface area contributed by atoms with Crippen LogP contribution >= 0.6 is 0 Å². The van der Waals surface area contributed by atoms with Crippen LogP contribution in [-0.4, -0.2) is 18.4 Å². The number of carbonyl (C=O) groups is 2. The maximum Gasteiger partial charge on any atom is 0.255 e. The molecule has 2 aromatic rings. The molecule has 1 amide bonds. The highest BCUT2D eigenvalue weighted by Gasteiger charge is 2.14. The fraction of sp³-hybridized carbons (Fsp3) is 0.0667. The van der Waals surface area contributed by atoms with Gasteiger partial charge in [-0.3, -0.25) is 9.59 Å². The molecule has 0 bridgehead atoms. The summed E-state index contributed by atoms with van der Waals surface area (Å²) in [6, 6.07) is 15.3. The first-order valence-corrected chi connectivity index (χ1v) is 5.77. The molecule has 0 atom stereocenters. The van der Waals surface area contributed by atoms with Gasteiger partial charge >= 0.3 is 0 Å². The first-order chi connectivity index (χ1) is 9.22. The van der Waals surface area contributed by atoms with Crippen molar-refractivity contribution in [1.82, 2.24) is 0 Å². The van der Waals surface area contributed by atoms with Gasteiger partial charge in [-0.2, -0.15) is 0 Å². The van der Waals surface area contributed by atoms with Crippen molar-refractivity contribution in [2.75, 3.05) is 12.0 Å². The highest BCUT2D eigenvalue weighted by molar-refractivity contribution is 6.13. The Bertz CT molecular complexity index is 596. The van der Waals surface area contributed by atoms with Crippen LogP contribution in [0.25, 0.3) is 0 Å². The lowest BCUT2D eigenvalue weighted by atomic mass is 10.0. The normalized spacial score (nSPS) is 9.95. The Hall–Kier alpha value is -2.49. The summed E-state index contributed by atoms with van der Waals surface area (Å²) in [5.41, 5.74) is 1.18. The number of amides is 1. The van der Waals surface area contributed by atoms with Gasteiger partial charge in [0.25, 0.3) is 5.91 Å². The van der Waals surface area contributed by atoms with Gasteiger partial charge in [-0.05, 0) is 12.1 Å². The summed E-state index contributed by atoms with van der Waals surface area (Å²) in [6.07, 6.45) is 0. The minimum absolute atomic E-state index is 0.213. The molecule has 2 aromatic carbocycles. The van der Waals surface area contributed by atoms with Crippen LogP contribution < -0.4 is 5.32 Å². The Morgan fingerprint density at radius 1 is 0.947 bits per heavy atom. The third-order valence-corrected chi connectivity index (χ3v) is 2.60. The molecular formula is C15H12FNO2. The Labute approximate surface area is 110 Å². The second-order valence-electron chi connectivity index (χ2n) is 3.92.